The Morgan fingerprint density at radius 2 is 2.00 bits per heavy atom. The lowest BCUT2D eigenvalue weighted by molar-refractivity contribution is -0.139. The van der Waals surface area contributed by atoms with Gasteiger partial charge in [0.1, 0.15) is 0 Å². The van der Waals surface area contributed by atoms with Crippen LogP contribution in [0.25, 0.3) is 0 Å². The minimum Gasteiger partial charge on any atom is -0.463 e. The fraction of sp³-hybridized carbons (Fsp3) is 0.286. The van der Waals surface area contributed by atoms with Crippen LogP contribution in [-0.4, -0.2) is 18.6 Å². The SMILES string of the molecule is CCOC(=O)C1=C(C)NC(=O)N[C@@H]1c1ccc(Br)cc1. The van der Waals surface area contributed by atoms with Crippen LogP contribution in [0.3, 0.4) is 0 Å². The van der Waals surface area contributed by atoms with Crippen LogP contribution < -0.4 is 10.6 Å². The summed E-state index contributed by atoms with van der Waals surface area (Å²) in [5.74, 6) is -0.426. The zero-order valence-corrected chi connectivity index (χ0v) is 12.8. The van der Waals surface area contributed by atoms with Gasteiger partial charge in [-0.05, 0) is 31.5 Å². The highest BCUT2D eigenvalue weighted by atomic mass is 79.9. The Bertz CT molecular complexity index is 566. The number of amides is 2. The van der Waals surface area contributed by atoms with E-state index in [4.69, 9.17) is 4.74 Å². The van der Waals surface area contributed by atoms with E-state index in [1.807, 2.05) is 24.3 Å². The maximum absolute atomic E-state index is 12.1. The molecule has 1 aliphatic heterocycles. The second-order valence-electron chi connectivity index (χ2n) is 4.34. The average molecular weight is 339 g/mol. The van der Waals surface area contributed by atoms with Crippen molar-refractivity contribution < 1.29 is 14.3 Å². The van der Waals surface area contributed by atoms with E-state index in [0.717, 1.165) is 10.0 Å². The molecule has 2 rings (SSSR count). The fourth-order valence-corrected chi connectivity index (χ4v) is 2.34. The molecule has 0 saturated carbocycles. The summed E-state index contributed by atoms with van der Waals surface area (Å²) in [5, 5.41) is 5.35. The van der Waals surface area contributed by atoms with Crippen molar-refractivity contribution in [3.05, 3.63) is 45.6 Å². The summed E-state index contributed by atoms with van der Waals surface area (Å²) in [6.07, 6.45) is 0. The first-order chi connectivity index (χ1) is 9.52. The number of nitrogens with one attached hydrogen (secondary N) is 2. The number of carbonyl (C=O) groups excluding carboxylic acids is 2. The summed E-state index contributed by atoms with van der Waals surface area (Å²) >= 11 is 3.36. The van der Waals surface area contributed by atoms with Crippen LogP contribution in [0.4, 0.5) is 4.79 Å². The molecule has 1 aromatic carbocycles. The third kappa shape index (κ3) is 3.01. The average Bonchev–Trinajstić information content (AvgIpc) is 2.38. The summed E-state index contributed by atoms with van der Waals surface area (Å²) in [6.45, 7) is 3.73. The molecule has 1 atom stereocenters. The van der Waals surface area contributed by atoms with E-state index < -0.39 is 12.0 Å². The van der Waals surface area contributed by atoms with E-state index in [-0.39, 0.29) is 12.6 Å². The van der Waals surface area contributed by atoms with Crippen LogP contribution in [0.2, 0.25) is 0 Å². The number of ether oxygens (including phenoxy) is 1. The molecule has 1 aromatic rings. The summed E-state index contributed by atoms with van der Waals surface area (Å²) < 4.78 is 6.00. The molecule has 2 amide bonds. The number of urea groups is 1. The summed E-state index contributed by atoms with van der Waals surface area (Å²) in [5.41, 5.74) is 1.76. The molecule has 5 nitrogen and oxygen atoms in total. The van der Waals surface area contributed by atoms with Gasteiger partial charge in [0.05, 0.1) is 18.2 Å². The Balaban J connectivity index is 2.41. The molecule has 20 heavy (non-hydrogen) atoms. The number of allylic oxidation sites excluding steroid dienone is 1. The molecular formula is C14H15BrN2O3. The lowest BCUT2D eigenvalue weighted by Gasteiger charge is -2.28. The zero-order chi connectivity index (χ0) is 14.7. The number of carbonyl (C=O) groups is 2. The molecule has 0 spiro atoms. The molecule has 0 radical (unpaired) electrons. The largest absolute Gasteiger partial charge is 0.463 e. The van der Waals surface area contributed by atoms with E-state index in [2.05, 4.69) is 26.6 Å². The molecule has 0 fully saturated rings. The fourth-order valence-electron chi connectivity index (χ4n) is 2.08. The van der Waals surface area contributed by atoms with Gasteiger partial charge in [0.15, 0.2) is 0 Å². The number of hydrogen-bond donors (Lipinski definition) is 2. The number of halogens is 1. The van der Waals surface area contributed by atoms with Gasteiger partial charge in [-0.2, -0.15) is 0 Å². The van der Waals surface area contributed by atoms with Gasteiger partial charge in [-0.25, -0.2) is 9.59 Å². The van der Waals surface area contributed by atoms with Gasteiger partial charge in [0.2, 0.25) is 0 Å². The second kappa shape index (κ2) is 6.09. The minimum absolute atomic E-state index is 0.288. The molecule has 0 unspecified atom stereocenters. The molecule has 2 N–H and O–H groups in total. The van der Waals surface area contributed by atoms with E-state index in [1.165, 1.54) is 0 Å². The smallest absolute Gasteiger partial charge is 0.338 e. The van der Waals surface area contributed by atoms with E-state index in [9.17, 15) is 9.59 Å². The van der Waals surface area contributed by atoms with Gasteiger partial charge in [-0.3, -0.25) is 0 Å². The van der Waals surface area contributed by atoms with Gasteiger partial charge < -0.3 is 15.4 Å². The molecule has 0 bridgehead atoms. The predicted molar refractivity (Wildman–Crippen MR) is 77.9 cm³/mol. The normalized spacial score (nSPS) is 18.4. The second-order valence-corrected chi connectivity index (χ2v) is 5.26. The van der Waals surface area contributed by atoms with Crippen LogP contribution in [-0.2, 0) is 9.53 Å². The Morgan fingerprint density at radius 3 is 2.60 bits per heavy atom. The lowest BCUT2D eigenvalue weighted by Crippen LogP contribution is -2.45. The monoisotopic (exact) mass is 338 g/mol. The van der Waals surface area contributed by atoms with Crippen LogP contribution >= 0.6 is 15.9 Å². The van der Waals surface area contributed by atoms with Gasteiger partial charge in [-0.1, -0.05) is 28.1 Å². The number of rotatable bonds is 3. The third-order valence-electron chi connectivity index (χ3n) is 2.97. The Labute approximate surface area is 125 Å². The maximum atomic E-state index is 12.1. The number of benzene rings is 1. The van der Waals surface area contributed by atoms with Crippen LogP contribution in [0.15, 0.2) is 40.0 Å². The van der Waals surface area contributed by atoms with Crippen LogP contribution in [0.5, 0.6) is 0 Å². The van der Waals surface area contributed by atoms with Crippen molar-refractivity contribution in [3.8, 4) is 0 Å². The molecule has 6 heteroatoms. The van der Waals surface area contributed by atoms with Crippen LogP contribution in [0.1, 0.15) is 25.5 Å². The van der Waals surface area contributed by atoms with E-state index >= 15 is 0 Å². The van der Waals surface area contributed by atoms with E-state index in [0.29, 0.717) is 11.3 Å². The summed E-state index contributed by atoms with van der Waals surface area (Å²) in [6, 6.07) is 6.60. The Hall–Kier alpha value is -1.82. The van der Waals surface area contributed by atoms with Crippen molar-refractivity contribution in [2.24, 2.45) is 0 Å². The molecule has 0 saturated heterocycles. The third-order valence-corrected chi connectivity index (χ3v) is 3.50. The molecule has 0 aliphatic carbocycles. The standard InChI is InChI=1S/C14H15BrN2O3/c1-3-20-13(18)11-8(2)16-14(19)17-12(11)9-4-6-10(15)7-5-9/h4-7,12H,3H2,1-2H3,(H2,16,17,19)/t12-/m1/s1. The highest BCUT2D eigenvalue weighted by Crippen LogP contribution is 2.28. The van der Waals surface area contributed by atoms with Crippen molar-refractivity contribution in [2.75, 3.05) is 6.61 Å². The lowest BCUT2D eigenvalue weighted by atomic mass is 9.96. The molecular weight excluding hydrogens is 324 g/mol. The Kier molecular flexibility index (Phi) is 4.44. The molecule has 0 aromatic heterocycles. The summed E-state index contributed by atoms with van der Waals surface area (Å²) in [4.78, 5) is 23.7. The van der Waals surface area contributed by atoms with Crippen molar-refractivity contribution in [3.63, 3.8) is 0 Å². The Morgan fingerprint density at radius 1 is 1.35 bits per heavy atom. The summed E-state index contributed by atoms with van der Waals surface area (Å²) in [7, 11) is 0. The zero-order valence-electron chi connectivity index (χ0n) is 11.2. The van der Waals surface area contributed by atoms with Crippen molar-refractivity contribution >= 4 is 27.9 Å². The highest BCUT2D eigenvalue weighted by Gasteiger charge is 2.31. The quantitative estimate of drug-likeness (QED) is 0.832. The first-order valence-corrected chi connectivity index (χ1v) is 7.03. The van der Waals surface area contributed by atoms with Gasteiger partial charge >= 0.3 is 12.0 Å². The minimum atomic E-state index is -0.504. The van der Waals surface area contributed by atoms with Crippen molar-refractivity contribution in [1.29, 1.82) is 0 Å². The molecule has 1 heterocycles. The predicted octanol–water partition coefficient (Wildman–Crippen LogP) is 2.64. The van der Waals surface area contributed by atoms with Gasteiger partial charge in [0.25, 0.3) is 0 Å². The highest BCUT2D eigenvalue weighted by molar-refractivity contribution is 9.10. The van der Waals surface area contributed by atoms with Gasteiger partial charge in [0, 0.05) is 10.2 Å². The van der Waals surface area contributed by atoms with E-state index in [1.54, 1.807) is 13.8 Å². The first-order valence-electron chi connectivity index (χ1n) is 6.23. The topological polar surface area (TPSA) is 67.4 Å². The van der Waals surface area contributed by atoms with Crippen LogP contribution in [0, 0.1) is 0 Å². The maximum Gasteiger partial charge on any atom is 0.338 e. The molecule has 1 aliphatic rings. The van der Waals surface area contributed by atoms with Gasteiger partial charge in [-0.15, -0.1) is 0 Å². The van der Waals surface area contributed by atoms with Crippen molar-refractivity contribution in [2.45, 2.75) is 19.9 Å². The van der Waals surface area contributed by atoms with Crippen molar-refractivity contribution in [1.82, 2.24) is 10.6 Å². The number of hydrogen-bond acceptors (Lipinski definition) is 3. The molecule has 106 valence electrons. The first kappa shape index (κ1) is 14.6. The number of esters is 1.